The monoisotopic (exact) mass is 299 g/mol. The Morgan fingerprint density at radius 1 is 1.14 bits per heavy atom. The van der Waals surface area contributed by atoms with Crippen molar-refractivity contribution in [1.82, 2.24) is 0 Å². The largest absolute Gasteiger partial charge is 0.493 e. The summed E-state index contributed by atoms with van der Waals surface area (Å²) in [4.78, 5) is 1.29. The fraction of sp³-hybridized carbons (Fsp3) is 0.333. The first-order chi connectivity index (χ1) is 10.3. The first kappa shape index (κ1) is 14.5. The average Bonchev–Trinajstić information content (AvgIpc) is 2.99. The molecule has 1 heterocycles. The van der Waals surface area contributed by atoms with E-state index in [-0.39, 0.29) is 6.04 Å². The van der Waals surface area contributed by atoms with Gasteiger partial charge in [-0.3, -0.25) is 0 Å². The highest BCUT2D eigenvalue weighted by Gasteiger charge is 2.12. The van der Waals surface area contributed by atoms with Crippen LogP contribution in [0.4, 0.5) is 0 Å². The molecule has 0 aromatic heterocycles. The minimum absolute atomic E-state index is 0.236. The molecule has 2 aromatic rings. The van der Waals surface area contributed by atoms with E-state index in [0.29, 0.717) is 0 Å². The van der Waals surface area contributed by atoms with Gasteiger partial charge in [0.15, 0.2) is 0 Å². The van der Waals surface area contributed by atoms with E-state index in [4.69, 9.17) is 10.5 Å². The summed E-state index contributed by atoms with van der Waals surface area (Å²) in [6, 6.07) is 17.2. The van der Waals surface area contributed by atoms with E-state index in [1.54, 1.807) is 0 Å². The van der Waals surface area contributed by atoms with Crippen LogP contribution in [0.2, 0.25) is 0 Å². The van der Waals surface area contributed by atoms with Gasteiger partial charge in [0.2, 0.25) is 0 Å². The predicted octanol–water partition coefficient (Wildman–Crippen LogP) is 3.67. The van der Waals surface area contributed by atoms with Gasteiger partial charge in [-0.15, -0.1) is 11.8 Å². The minimum Gasteiger partial charge on any atom is -0.493 e. The second-order valence-electron chi connectivity index (χ2n) is 5.46. The average molecular weight is 299 g/mol. The Balaban J connectivity index is 1.46. The Labute approximate surface area is 130 Å². The van der Waals surface area contributed by atoms with Crippen LogP contribution >= 0.6 is 11.8 Å². The molecule has 21 heavy (non-hydrogen) atoms. The van der Waals surface area contributed by atoms with Crippen LogP contribution in [0.3, 0.4) is 0 Å². The van der Waals surface area contributed by atoms with Gasteiger partial charge in [0, 0.05) is 23.1 Å². The van der Waals surface area contributed by atoms with Crippen molar-refractivity contribution in [2.24, 2.45) is 5.73 Å². The first-order valence-electron chi connectivity index (χ1n) is 7.49. The number of hydrogen-bond acceptors (Lipinski definition) is 3. The summed E-state index contributed by atoms with van der Waals surface area (Å²) in [6.45, 7) is 0.825. The molecule has 0 spiro atoms. The van der Waals surface area contributed by atoms with Crippen LogP contribution in [-0.2, 0) is 12.8 Å². The van der Waals surface area contributed by atoms with Gasteiger partial charge in [0.1, 0.15) is 5.75 Å². The van der Waals surface area contributed by atoms with Gasteiger partial charge < -0.3 is 10.5 Å². The van der Waals surface area contributed by atoms with Crippen molar-refractivity contribution < 1.29 is 4.74 Å². The molecule has 3 rings (SSSR count). The summed E-state index contributed by atoms with van der Waals surface area (Å²) in [6.07, 6.45) is 3.11. The zero-order chi connectivity index (χ0) is 14.5. The number of hydrogen-bond donors (Lipinski definition) is 1. The summed E-state index contributed by atoms with van der Waals surface area (Å²) >= 11 is 1.84. The lowest BCUT2D eigenvalue weighted by Crippen LogP contribution is -2.23. The lowest BCUT2D eigenvalue weighted by Gasteiger charge is -2.11. The number of fused-ring (bicyclic) bond motifs is 1. The van der Waals surface area contributed by atoms with Gasteiger partial charge >= 0.3 is 0 Å². The Hall–Kier alpha value is -1.45. The Morgan fingerprint density at radius 3 is 2.86 bits per heavy atom. The van der Waals surface area contributed by atoms with E-state index in [2.05, 4.69) is 42.5 Å². The summed E-state index contributed by atoms with van der Waals surface area (Å²) in [5, 5.41) is 0. The first-order valence-corrected chi connectivity index (χ1v) is 8.48. The molecule has 110 valence electrons. The molecule has 0 amide bonds. The van der Waals surface area contributed by atoms with Crippen LogP contribution in [-0.4, -0.2) is 18.4 Å². The number of benzene rings is 2. The normalized spacial score (nSPS) is 14.5. The summed E-state index contributed by atoms with van der Waals surface area (Å²) in [5.74, 6) is 2.03. The van der Waals surface area contributed by atoms with Crippen LogP contribution in [0.25, 0.3) is 0 Å². The second kappa shape index (κ2) is 7.01. The molecule has 3 heteroatoms. The molecule has 1 atom stereocenters. The van der Waals surface area contributed by atoms with Crippen molar-refractivity contribution in [2.75, 3.05) is 12.4 Å². The van der Waals surface area contributed by atoms with Gasteiger partial charge in [-0.25, -0.2) is 0 Å². The third-order valence-electron chi connectivity index (χ3n) is 3.76. The quantitative estimate of drug-likeness (QED) is 0.827. The van der Waals surface area contributed by atoms with Crippen LogP contribution in [0, 0.1) is 0 Å². The Bertz CT molecular complexity index is 585. The molecule has 1 aliphatic heterocycles. The molecule has 2 nitrogen and oxygen atoms in total. The number of aryl methyl sites for hydroxylation is 1. The zero-order valence-electron chi connectivity index (χ0n) is 12.1. The Kier molecular flexibility index (Phi) is 4.84. The Morgan fingerprint density at radius 2 is 2.00 bits per heavy atom. The van der Waals surface area contributed by atoms with Crippen molar-refractivity contribution in [2.45, 2.75) is 30.2 Å². The van der Waals surface area contributed by atoms with Gasteiger partial charge in [0.25, 0.3) is 0 Å². The molecular weight excluding hydrogens is 278 g/mol. The van der Waals surface area contributed by atoms with Crippen LogP contribution < -0.4 is 10.5 Å². The van der Waals surface area contributed by atoms with Crippen molar-refractivity contribution in [3.8, 4) is 5.75 Å². The summed E-state index contributed by atoms with van der Waals surface area (Å²) in [5.41, 5.74) is 8.96. The van der Waals surface area contributed by atoms with E-state index in [1.807, 2.05) is 17.8 Å². The molecule has 0 saturated heterocycles. The highest BCUT2D eigenvalue weighted by atomic mass is 32.2. The van der Waals surface area contributed by atoms with Gasteiger partial charge in [0.05, 0.1) is 6.61 Å². The maximum absolute atomic E-state index is 6.24. The number of ether oxygens (including phenoxy) is 1. The van der Waals surface area contributed by atoms with Crippen LogP contribution in [0.5, 0.6) is 5.75 Å². The standard InChI is InChI=1S/C18H21NOS/c19-16(13-21-17-4-2-1-3-5-17)8-6-14-7-9-18-15(12-14)10-11-20-18/h1-5,7,9,12,16H,6,8,10-11,13,19H2. The summed E-state index contributed by atoms with van der Waals surface area (Å²) in [7, 11) is 0. The third-order valence-corrected chi connectivity index (χ3v) is 4.97. The van der Waals surface area contributed by atoms with E-state index >= 15 is 0 Å². The van der Waals surface area contributed by atoms with Crippen molar-refractivity contribution in [1.29, 1.82) is 0 Å². The highest BCUT2D eigenvalue weighted by Crippen LogP contribution is 2.26. The summed E-state index contributed by atoms with van der Waals surface area (Å²) < 4.78 is 5.54. The number of rotatable bonds is 6. The predicted molar refractivity (Wildman–Crippen MR) is 89.1 cm³/mol. The molecule has 2 N–H and O–H groups in total. The third kappa shape index (κ3) is 4.02. The molecule has 1 unspecified atom stereocenters. The van der Waals surface area contributed by atoms with Crippen molar-refractivity contribution in [3.63, 3.8) is 0 Å². The topological polar surface area (TPSA) is 35.2 Å². The molecule has 0 bridgehead atoms. The smallest absolute Gasteiger partial charge is 0.122 e. The zero-order valence-corrected chi connectivity index (χ0v) is 12.9. The maximum Gasteiger partial charge on any atom is 0.122 e. The van der Waals surface area contributed by atoms with Crippen molar-refractivity contribution in [3.05, 3.63) is 59.7 Å². The molecule has 1 aliphatic rings. The van der Waals surface area contributed by atoms with E-state index in [0.717, 1.165) is 37.4 Å². The fourth-order valence-corrected chi connectivity index (χ4v) is 3.47. The van der Waals surface area contributed by atoms with E-state index < -0.39 is 0 Å². The molecule has 0 fully saturated rings. The maximum atomic E-state index is 6.24. The van der Waals surface area contributed by atoms with E-state index in [9.17, 15) is 0 Å². The fourth-order valence-electron chi connectivity index (χ4n) is 2.55. The second-order valence-corrected chi connectivity index (χ2v) is 6.56. The molecule has 0 saturated carbocycles. The highest BCUT2D eigenvalue weighted by molar-refractivity contribution is 7.99. The minimum atomic E-state index is 0.236. The lowest BCUT2D eigenvalue weighted by molar-refractivity contribution is 0.357. The van der Waals surface area contributed by atoms with E-state index in [1.165, 1.54) is 16.0 Å². The van der Waals surface area contributed by atoms with Crippen molar-refractivity contribution >= 4 is 11.8 Å². The van der Waals surface area contributed by atoms with Gasteiger partial charge in [-0.05, 0) is 42.2 Å². The lowest BCUT2D eigenvalue weighted by atomic mass is 10.0. The number of nitrogens with two attached hydrogens (primary N) is 1. The van der Waals surface area contributed by atoms with Gasteiger partial charge in [-0.1, -0.05) is 30.3 Å². The molecule has 0 aliphatic carbocycles. The SMILES string of the molecule is NC(CCc1ccc2c(c1)CCO2)CSc1ccccc1. The van der Waals surface area contributed by atoms with Crippen LogP contribution in [0.15, 0.2) is 53.4 Å². The molecule has 2 aromatic carbocycles. The molecule has 0 radical (unpaired) electrons. The number of thioether (sulfide) groups is 1. The molecular formula is C18H21NOS. The van der Waals surface area contributed by atoms with Crippen LogP contribution in [0.1, 0.15) is 17.5 Å². The van der Waals surface area contributed by atoms with Gasteiger partial charge in [-0.2, -0.15) is 0 Å².